The van der Waals surface area contributed by atoms with Crippen molar-refractivity contribution < 1.29 is 14.3 Å². The van der Waals surface area contributed by atoms with Crippen molar-refractivity contribution in [1.82, 2.24) is 15.3 Å². The number of aromatic amines is 1. The number of H-pyrrole nitrogens is 1. The molecule has 0 unspecified atom stereocenters. The van der Waals surface area contributed by atoms with E-state index in [0.29, 0.717) is 33.3 Å². The normalized spacial score (nSPS) is 13.9. The molecule has 32 heavy (non-hydrogen) atoms. The average molecular weight is 521 g/mol. The molecule has 3 rings (SSSR count). The number of ether oxygens (including phenoxy) is 2. The largest absolute Gasteiger partial charge is 0.490 e. The summed E-state index contributed by atoms with van der Waals surface area (Å²) < 4.78 is 12.1. The molecule has 0 bridgehead atoms. The highest BCUT2D eigenvalue weighted by Gasteiger charge is 2.20. The van der Waals surface area contributed by atoms with Crippen LogP contribution in [0.1, 0.15) is 44.6 Å². The number of nitrogens with zero attached hydrogens (tertiary/aromatic N) is 2. The number of nitrogens with one attached hydrogen (secondary N) is 2. The zero-order valence-electron chi connectivity index (χ0n) is 18.0. The molecule has 1 saturated carbocycles. The van der Waals surface area contributed by atoms with Crippen LogP contribution in [0.5, 0.6) is 11.5 Å². The number of carbonyl (C=O) groups is 1. The first kappa shape index (κ1) is 24.1. The summed E-state index contributed by atoms with van der Waals surface area (Å²) in [5.41, 5.74) is 0.189. The van der Waals surface area contributed by atoms with Gasteiger partial charge in [0.25, 0.3) is 11.5 Å². The Bertz CT molecular complexity index is 1080. The van der Waals surface area contributed by atoms with E-state index in [0.717, 1.165) is 25.7 Å². The highest BCUT2D eigenvalue weighted by atomic mass is 79.9. The first-order chi connectivity index (χ1) is 15.5. The molecule has 0 saturated heterocycles. The molecule has 0 radical (unpaired) electrons. The van der Waals surface area contributed by atoms with E-state index < -0.39 is 5.56 Å². The Balaban J connectivity index is 1.87. The Morgan fingerprint density at radius 1 is 1.34 bits per heavy atom. The van der Waals surface area contributed by atoms with Crippen LogP contribution in [0.2, 0.25) is 0 Å². The van der Waals surface area contributed by atoms with Crippen LogP contribution in [-0.2, 0) is 4.79 Å². The second-order valence-electron chi connectivity index (χ2n) is 7.32. The van der Waals surface area contributed by atoms with Crippen LogP contribution >= 0.6 is 27.7 Å². The Hall–Kier alpha value is -2.51. The quantitative estimate of drug-likeness (QED) is 0.398. The number of amides is 1. The Morgan fingerprint density at radius 3 is 2.75 bits per heavy atom. The van der Waals surface area contributed by atoms with E-state index in [1.807, 2.05) is 13.0 Å². The molecule has 1 aromatic carbocycles. The lowest BCUT2D eigenvalue weighted by molar-refractivity contribution is -0.124. The van der Waals surface area contributed by atoms with Crippen molar-refractivity contribution in [3.05, 3.63) is 32.5 Å². The summed E-state index contributed by atoms with van der Waals surface area (Å²) in [7, 11) is 0. The van der Waals surface area contributed by atoms with Crippen molar-refractivity contribution in [2.24, 2.45) is 0 Å². The molecule has 1 aliphatic carbocycles. The molecule has 1 aromatic heterocycles. The number of benzene rings is 1. The fourth-order valence-corrected chi connectivity index (χ4v) is 4.56. The van der Waals surface area contributed by atoms with Crippen molar-refractivity contribution in [2.75, 3.05) is 19.5 Å². The summed E-state index contributed by atoms with van der Waals surface area (Å²) in [5, 5.41) is 12.9. The molecule has 2 N–H and O–H groups in total. The van der Waals surface area contributed by atoms with Crippen molar-refractivity contribution >= 4 is 33.6 Å². The van der Waals surface area contributed by atoms with E-state index in [9.17, 15) is 14.9 Å². The lowest BCUT2D eigenvalue weighted by atomic mass is 9.95. The highest BCUT2D eigenvalue weighted by molar-refractivity contribution is 9.10. The predicted molar refractivity (Wildman–Crippen MR) is 126 cm³/mol. The van der Waals surface area contributed by atoms with Crippen LogP contribution in [-0.4, -0.2) is 41.4 Å². The summed E-state index contributed by atoms with van der Waals surface area (Å²) in [4.78, 5) is 31.6. The van der Waals surface area contributed by atoms with Gasteiger partial charge in [-0.15, -0.1) is 0 Å². The topological polar surface area (TPSA) is 117 Å². The minimum Gasteiger partial charge on any atom is -0.490 e. The van der Waals surface area contributed by atoms with Crippen molar-refractivity contribution in [2.45, 2.75) is 50.2 Å². The number of rotatable bonds is 8. The van der Waals surface area contributed by atoms with Gasteiger partial charge in [-0.2, -0.15) is 5.26 Å². The Morgan fingerprint density at radius 2 is 2.09 bits per heavy atom. The second-order valence-corrected chi connectivity index (χ2v) is 8.97. The SMILES string of the molecule is CCOc1cc(-c2nc(SC)[nH]c(=O)c2C#N)cc(Br)c1OCC(=O)NC1CCCCC1. The van der Waals surface area contributed by atoms with E-state index in [4.69, 9.17) is 9.47 Å². The number of thioether (sulfide) groups is 1. The van der Waals surface area contributed by atoms with Crippen LogP contribution in [0.4, 0.5) is 0 Å². The third-order valence-corrected chi connectivity index (χ3v) is 6.27. The van der Waals surface area contributed by atoms with Gasteiger partial charge in [0.1, 0.15) is 11.6 Å². The molecule has 0 atom stereocenters. The maximum atomic E-state index is 12.4. The van der Waals surface area contributed by atoms with Gasteiger partial charge in [-0.3, -0.25) is 9.59 Å². The molecule has 8 nitrogen and oxygen atoms in total. The van der Waals surface area contributed by atoms with Gasteiger partial charge in [0.2, 0.25) is 0 Å². The standard InChI is InChI=1S/C22H25BrN4O4S/c1-3-30-17-10-13(19-15(11-24)21(29)27-22(26-19)32-2)9-16(23)20(17)31-12-18(28)25-14-7-5-4-6-8-14/h9-10,14H,3-8,12H2,1-2H3,(H,25,28)(H,26,27,29). The van der Waals surface area contributed by atoms with Crippen LogP contribution in [0.3, 0.4) is 0 Å². The summed E-state index contributed by atoms with van der Waals surface area (Å²) >= 11 is 4.75. The van der Waals surface area contributed by atoms with Crippen LogP contribution in [0.25, 0.3) is 11.3 Å². The summed E-state index contributed by atoms with van der Waals surface area (Å²) in [5.74, 6) is 0.588. The maximum Gasteiger partial charge on any atom is 0.270 e. The van der Waals surface area contributed by atoms with Gasteiger partial charge < -0.3 is 19.8 Å². The predicted octanol–water partition coefficient (Wildman–Crippen LogP) is 4.02. The number of halogens is 1. The van der Waals surface area contributed by atoms with Crippen LogP contribution in [0.15, 0.2) is 26.6 Å². The van der Waals surface area contributed by atoms with E-state index in [2.05, 4.69) is 31.2 Å². The van der Waals surface area contributed by atoms with Gasteiger partial charge >= 0.3 is 0 Å². The molecule has 1 amide bonds. The number of aromatic nitrogens is 2. The van der Waals surface area contributed by atoms with Gasteiger partial charge in [0.15, 0.2) is 23.3 Å². The van der Waals surface area contributed by atoms with Gasteiger partial charge in [0, 0.05) is 11.6 Å². The van der Waals surface area contributed by atoms with Gasteiger partial charge in [-0.25, -0.2) is 4.98 Å². The third-order valence-electron chi connectivity index (χ3n) is 5.10. The monoisotopic (exact) mass is 520 g/mol. The van der Waals surface area contributed by atoms with E-state index in [1.54, 1.807) is 18.4 Å². The third kappa shape index (κ3) is 5.84. The van der Waals surface area contributed by atoms with Gasteiger partial charge in [-0.1, -0.05) is 31.0 Å². The molecule has 1 fully saturated rings. The first-order valence-electron chi connectivity index (χ1n) is 10.4. The molecule has 0 spiro atoms. The molecule has 1 heterocycles. The maximum absolute atomic E-state index is 12.4. The molecule has 170 valence electrons. The van der Waals surface area contributed by atoms with Crippen LogP contribution < -0.4 is 20.3 Å². The molecular weight excluding hydrogens is 496 g/mol. The van der Waals surface area contributed by atoms with Crippen molar-refractivity contribution in [3.63, 3.8) is 0 Å². The Kier molecular flexibility index (Phi) is 8.59. The van der Waals surface area contributed by atoms with Gasteiger partial charge in [-0.05, 0) is 54.1 Å². The zero-order valence-corrected chi connectivity index (χ0v) is 20.4. The van der Waals surface area contributed by atoms with Crippen molar-refractivity contribution in [3.8, 4) is 28.8 Å². The second kappa shape index (κ2) is 11.4. The number of nitriles is 1. The molecule has 2 aromatic rings. The fourth-order valence-electron chi connectivity index (χ4n) is 3.62. The fraction of sp³-hybridized carbons (Fsp3) is 0.455. The molecule has 1 aliphatic rings. The minimum absolute atomic E-state index is 0.0855. The van der Waals surface area contributed by atoms with Crippen molar-refractivity contribution in [1.29, 1.82) is 5.26 Å². The summed E-state index contributed by atoms with van der Waals surface area (Å²) in [6, 6.07) is 5.49. The lowest BCUT2D eigenvalue weighted by Crippen LogP contribution is -2.39. The number of carbonyl (C=O) groups excluding carboxylic acids is 1. The smallest absolute Gasteiger partial charge is 0.270 e. The first-order valence-corrected chi connectivity index (χ1v) is 12.5. The van der Waals surface area contributed by atoms with Crippen LogP contribution in [0, 0.1) is 11.3 Å². The Labute approximate surface area is 199 Å². The molecule has 10 heteroatoms. The van der Waals surface area contributed by atoms with E-state index in [1.165, 1.54) is 18.2 Å². The zero-order chi connectivity index (χ0) is 23.1. The lowest BCUT2D eigenvalue weighted by Gasteiger charge is -2.23. The van der Waals surface area contributed by atoms with E-state index in [-0.39, 0.29) is 29.8 Å². The highest BCUT2D eigenvalue weighted by Crippen LogP contribution is 2.40. The molecular formula is C22H25BrN4O4S. The average Bonchev–Trinajstić information content (AvgIpc) is 2.78. The van der Waals surface area contributed by atoms with Gasteiger partial charge in [0.05, 0.1) is 16.8 Å². The number of hydrogen-bond acceptors (Lipinski definition) is 7. The van der Waals surface area contributed by atoms with E-state index >= 15 is 0 Å². The summed E-state index contributed by atoms with van der Waals surface area (Å²) in [6.45, 7) is 2.06. The molecule has 0 aliphatic heterocycles. The summed E-state index contributed by atoms with van der Waals surface area (Å²) in [6.07, 6.45) is 7.26. The minimum atomic E-state index is -0.504. The number of hydrogen-bond donors (Lipinski definition) is 2.